The fraction of sp³-hybridized carbons (Fsp3) is 0.440. The smallest absolute Gasteiger partial charge is 0.320 e. The molecule has 0 saturated carbocycles. The molecular weight excluding hydrogens is 448 g/mol. The van der Waals surface area contributed by atoms with Crippen molar-refractivity contribution in [2.24, 2.45) is 5.73 Å². The Morgan fingerprint density at radius 3 is 2.57 bits per heavy atom. The summed E-state index contributed by atoms with van der Waals surface area (Å²) in [4.78, 5) is 37.6. The molecule has 3 heterocycles. The van der Waals surface area contributed by atoms with Gasteiger partial charge >= 0.3 is 5.97 Å². The fourth-order valence-electron chi connectivity index (χ4n) is 4.42. The van der Waals surface area contributed by atoms with Crippen molar-refractivity contribution in [3.8, 4) is 5.75 Å². The van der Waals surface area contributed by atoms with E-state index in [1.807, 2.05) is 26.0 Å². The maximum Gasteiger partial charge on any atom is 0.320 e. The zero-order valence-electron chi connectivity index (χ0n) is 20.4. The number of nitrogens with two attached hydrogens (primary N) is 1. The molecule has 186 valence electrons. The lowest BCUT2D eigenvalue weighted by atomic mass is 10.0. The first-order valence-electron chi connectivity index (χ1n) is 11.8. The zero-order chi connectivity index (χ0) is 25.0. The van der Waals surface area contributed by atoms with E-state index in [1.54, 1.807) is 25.4 Å². The van der Waals surface area contributed by atoms with E-state index in [-0.39, 0.29) is 35.4 Å². The van der Waals surface area contributed by atoms with Crippen LogP contribution in [0.2, 0.25) is 0 Å². The van der Waals surface area contributed by atoms with Crippen LogP contribution in [0.1, 0.15) is 32.2 Å². The quantitative estimate of drug-likeness (QED) is 0.451. The maximum atomic E-state index is 13.2. The predicted molar refractivity (Wildman–Crippen MR) is 133 cm³/mol. The van der Waals surface area contributed by atoms with Crippen molar-refractivity contribution in [2.45, 2.75) is 32.8 Å². The molecule has 1 aromatic heterocycles. The van der Waals surface area contributed by atoms with Crippen molar-refractivity contribution in [3.63, 3.8) is 0 Å². The molecule has 0 unspecified atom stereocenters. The number of fused-ring (bicyclic) bond motifs is 1. The number of nitrogens with zero attached hydrogens (tertiary/aromatic N) is 4. The highest BCUT2D eigenvalue weighted by Gasteiger charge is 2.33. The van der Waals surface area contributed by atoms with Gasteiger partial charge in [0.2, 0.25) is 0 Å². The number of benzene rings is 1. The number of hydrogen-bond acceptors (Lipinski definition) is 9. The molecule has 1 fully saturated rings. The average Bonchev–Trinajstić information content (AvgIpc) is 3.13. The van der Waals surface area contributed by atoms with Crippen LogP contribution in [0.15, 0.2) is 36.8 Å². The van der Waals surface area contributed by atoms with E-state index in [0.717, 1.165) is 23.4 Å². The van der Waals surface area contributed by atoms with Gasteiger partial charge in [0.05, 0.1) is 30.1 Å². The van der Waals surface area contributed by atoms with E-state index in [2.05, 4.69) is 25.1 Å². The lowest BCUT2D eigenvalue weighted by Crippen LogP contribution is -2.48. The molecule has 0 bridgehead atoms. The Morgan fingerprint density at radius 2 is 1.91 bits per heavy atom. The summed E-state index contributed by atoms with van der Waals surface area (Å²) in [5, 5.41) is 3.02. The maximum absolute atomic E-state index is 13.2. The van der Waals surface area contributed by atoms with E-state index >= 15 is 0 Å². The third-order valence-electron chi connectivity index (χ3n) is 6.02. The number of aromatic nitrogens is 2. The Morgan fingerprint density at radius 1 is 1.20 bits per heavy atom. The largest absolute Gasteiger partial charge is 0.487 e. The molecule has 0 aliphatic carbocycles. The summed E-state index contributed by atoms with van der Waals surface area (Å²) in [7, 11) is 0. The Kier molecular flexibility index (Phi) is 7.20. The van der Waals surface area contributed by atoms with Gasteiger partial charge in [-0.3, -0.25) is 14.5 Å². The molecule has 1 aromatic carbocycles. The van der Waals surface area contributed by atoms with Gasteiger partial charge in [-0.1, -0.05) is 0 Å². The average molecular weight is 481 g/mol. The van der Waals surface area contributed by atoms with E-state index in [1.165, 1.54) is 6.20 Å². The molecule has 10 heteroatoms. The molecule has 2 aromatic rings. The molecule has 3 N–H and O–H groups in total. The first kappa shape index (κ1) is 24.5. The summed E-state index contributed by atoms with van der Waals surface area (Å²) in [6.45, 7) is 9.30. The highest BCUT2D eigenvalue weighted by molar-refractivity contribution is 6.24. The van der Waals surface area contributed by atoms with Crippen molar-refractivity contribution in [1.82, 2.24) is 14.9 Å². The minimum atomic E-state index is -0.390. The summed E-state index contributed by atoms with van der Waals surface area (Å²) in [5.41, 5.74) is 8.19. The first-order chi connectivity index (χ1) is 16.8. The van der Waals surface area contributed by atoms with E-state index in [4.69, 9.17) is 15.2 Å². The van der Waals surface area contributed by atoms with E-state index < -0.39 is 0 Å². The summed E-state index contributed by atoms with van der Waals surface area (Å²) < 4.78 is 11.2. The zero-order valence-corrected chi connectivity index (χ0v) is 20.4. The van der Waals surface area contributed by atoms with Gasteiger partial charge in [-0.05, 0) is 32.9 Å². The van der Waals surface area contributed by atoms with Crippen LogP contribution < -0.4 is 20.7 Å². The molecule has 35 heavy (non-hydrogen) atoms. The minimum Gasteiger partial charge on any atom is -0.487 e. The third kappa shape index (κ3) is 5.71. The van der Waals surface area contributed by atoms with Crippen LogP contribution in [-0.4, -0.2) is 71.7 Å². The number of carbonyl (C=O) groups excluding carboxylic acids is 2. The first-order valence-corrected chi connectivity index (χ1v) is 11.8. The van der Waals surface area contributed by atoms with Crippen molar-refractivity contribution < 1.29 is 19.1 Å². The summed E-state index contributed by atoms with van der Waals surface area (Å²) in [6.07, 6.45) is 5.09. The van der Waals surface area contributed by atoms with Gasteiger partial charge in [0, 0.05) is 62.8 Å². The van der Waals surface area contributed by atoms with Gasteiger partial charge in [-0.25, -0.2) is 9.97 Å². The van der Waals surface area contributed by atoms with Gasteiger partial charge in [0.1, 0.15) is 11.4 Å². The normalized spacial score (nSPS) is 17.5. The molecule has 2 aliphatic heterocycles. The SMILES string of the molecule is CCOC(=O)CN1CCN(c2cc3c(cc2NC(=O)/C(=C/N)c2ncccn2)CC(C)(C)O3)CC1. The van der Waals surface area contributed by atoms with Crippen molar-refractivity contribution >= 4 is 28.8 Å². The molecule has 0 radical (unpaired) electrons. The Balaban J connectivity index is 1.57. The van der Waals surface area contributed by atoms with Crippen LogP contribution in [-0.2, 0) is 20.7 Å². The van der Waals surface area contributed by atoms with Gasteiger partial charge in [-0.2, -0.15) is 0 Å². The Labute approximate surface area is 205 Å². The van der Waals surface area contributed by atoms with Crippen LogP contribution in [0.3, 0.4) is 0 Å². The van der Waals surface area contributed by atoms with Crippen LogP contribution in [0.25, 0.3) is 5.57 Å². The highest BCUT2D eigenvalue weighted by atomic mass is 16.5. The molecule has 0 atom stereocenters. The van der Waals surface area contributed by atoms with Crippen molar-refractivity contribution in [3.05, 3.63) is 48.2 Å². The highest BCUT2D eigenvalue weighted by Crippen LogP contribution is 2.42. The molecule has 4 rings (SSSR count). The third-order valence-corrected chi connectivity index (χ3v) is 6.02. The van der Waals surface area contributed by atoms with E-state index in [9.17, 15) is 9.59 Å². The van der Waals surface area contributed by atoms with Crippen LogP contribution in [0.4, 0.5) is 11.4 Å². The second kappa shape index (κ2) is 10.3. The number of ether oxygens (including phenoxy) is 2. The Bertz CT molecular complexity index is 1110. The molecule has 1 saturated heterocycles. The number of piperazine rings is 1. The van der Waals surface area contributed by atoms with Crippen molar-refractivity contribution in [1.29, 1.82) is 0 Å². The van der Waals surface area contributed by atoms with Gasteiger partial charge in [0.15, 0.2) is 5.82 Å². The number of hydrogen-bond donors (Lipinski definition) is 2. The minimum absolute atomic E-state index is 0.188. The van der Waals surface area contributed by atoms with Crippen molar-refractivity contribution in [2.75, 3.05) is 49.5 Å². The number of esters is 1. The number of carbonyl (C=O) groups is 2. The second-order valence-electron chi connectivity index (χ2n) is 9.19. The molecule has 10 nitrogen and oxygen atoms in total. The monoisotopic (exact) mass is 480 g/mol. The molecular formula is C25H32N6O4. The molecule has 0 spiro atoms. The fourth-order valence-corrected chi connectivity index (χ4v) is 4.42. The lowest BCUT2D eigenvalue weighted by molar-refractivity contribution is -0.144. The van der Waals surface area contributed by atoms with Crippen LogP contribution >= 0.6 is 0 Å². The van der Waals surface area contributed by atoms with Gasteiger partial charge < -0.3 is 25.4 Å². The lowest BCUT2D eigenvalue weighted by Gasteiger charge is -2.36. The van der Waals surface area contributed by atoms with Gasteiger partial charge in [0.25, 0.3) is 5.91 Å². The molecule has 1 amide bonds. The Hall–Kier alpha value is -3.66. The second-order valence-corrected chi connectivity index (χ2v) is 9.19. The van der Waals surface area contributed by atoms with Crippen LogP contribution in [0.5, 0.6) is 5.75 Å². The molecule has 2 aliphatic rings. The standard InChI is InChI=1S/C25H32N6O4/c1-4-34-22(32)16-30-8-10-31(11-9-30)20-13-21-17(14-25(2,3)35-21)12-19(20)29-24(33)18(15-26)23-27-6-5-7-28-23/h5-7,12-13,15H,4,8-11,14,16,26H2,1-3H3,(H,29,33)/b18-15+. The topological polar surface area (TPSA) is 123 Å². The number of anilines is 2. The number of nitrogens with one attached hydrogen (secondary N) is 1. The van der Waals surface area contributed by atoms with Crippen LogP contribution in [0, 0.1) is 0 Å². The summed E-state index contributed by atoms with van der Waals surface area (Å²) >= 11 is 0. The summed E-state index contributed by atoms with van der Waals surface area (Å²) in [5.74, 6) is 0.468. The summed E-state index contributed by atoms with van der Waals surface area (Å²) in [6, 6.07) is 5.64. The van der Waals surface area contributed by atoms with E-state index in [0.29, 0.717) is 38.5 Å². The number of amides is 1. The number of rotatable bonds is 7. The predicted octanol–water partition coefficient (Wildman–Crippen LogP) is 1.81. The van der Waals surface area contributed by atoms with Gasteiger partial charge in [-0.15, -0.1) is 0 Å².